The second-order valence-electron chi connectivity index (χ2n) is 7.34. The predicted octanol–water partition coefficient (Wildman–Crippen LogP) is 1.94. The van der Waals surface area contributed by atoms with Gasteiger partial charge in [-0.25, -0.2) is 4.79 Å². The van der Waals surface area contributed by atoms with Crippen molar-refractivity contribution in [2.24, 2.45) is 0 Å². The number of aryl methyl sites for hydroxylation is 1. The molecule has 1 aliphatic rings. The summed E-state index contributed by atoms with van der Waals surface area (Å²) in [6.07, 6.45) is 5.33. The Hall–Kier alpha value is -2.54. The zero-order valence-electron chi connectivity index (χ0n) is 16.9. The van der Waals surface area contributed by atoms with Crippen LogP contribution in [0.5, 0.6) is 0 Å². The first-order valence-corrected chi connectivity index (χ1v) is 10.0. The summed E-state index contributed by atoms with van der Waals surface area (Å²) in [4.78, 5) is 29.5. The van der Waals surface area contributed by atoms with Gasteiger partial charge in [-0.2, -0.15) is 0 Å². The Morgan fingerprint density at radius 2 is 2.04 bits per heavy atom. The van der Waals surface area contributed by atoms with Crippen LogP contribution in [-0.4, -0.2) is 43.1 Å². The van der Waals surface area contributed by atoms with Crippen LogP contribution in [-0.2, 0) is 4.74 Å². The monoisotopic (exact) mass is 388 g/mol. The molecular formula is C21H30N3O4+. The lowest BCUT2D eigenvalue weighted by Gasteiger charge is -2.30. The van der Waals surface area contributed by atoms with E-state index in [9.17, 15) is 9.59 Å². The van der Waals surface area contributed by atoms with Gasteiger partial charge in [-0.1, -0.05) is 0 Å². The van der Waals surface area contributed by atoms with Gasteiger partial charge < -0.3 is 24.4 Å². The van der Waals surface area contributed by atoms with E-state index in [1.54, 1.807) is 27.0 Å². The van der Waals surface area contributed by atoms with Crippen molar-refractivity contribution in [3.8, 4) is 0 Å². The third-order valence-corrected chi connectivity index (χ3v) is 5.49. The molecule has 3 N–H and O–H groups in total. The Labute approximate surface area is 165 Å². The van der Waals surface area contributed by atoms with Crippen LogP contribution in [0.2, 0.25) is 0 Å². The zero-order valence-corrected chi connectivity index (χ0v) is 16.9. The lowest BCUT2D eigenvalue weighted by Crippen LogP contribution is -3.13. The molecule has 0 saturated carbocycles. The summed E-state index contributed by atoms with van der Waals surface area (Å²) in [5.74, 6) is 0.270. The molecule has 1 fully saturated rings. The highest BCUT2D eigenvalue weighted by molar-refractivity contribution is 6.00. The van der Waals surface area contributed by atoms with Crippen molar-refractivity contribution >= 4 is 11.9 Å². The Balaban J connectivity index is 1.73. The van der Waals surface area contributed by atoms with Crippen molar-refractivity contribution in [1.82, 2.24) is 10.3 Å². The van der Waals surface area contributed by atoms with Crippen molar-refractivity contribution < 1.29 is 23.6 Å². The maximum absolute atomic E-state index is 12.8. The molecule has 0 unspecified atom stereocenters. The maximum atomic E-state index is 12.8. The first-order chi connectivity index (χ1) is 13.5. The van der Waals surface area contributed by atoms with Crippen LogP contribution in [0.3, 0.4) is 0 Å². The van der Waals surface area contributed by atoms with Crippen molar-refractivity contribution in [3.05, 3.63) is 46.7 Å². The summed E-state index contributed by atoms with van der Waals surface area (Å²) in [6, 6.07) is 3.94. The number of quaternary nitrogens is 1. The smallest absolute Gasteiger partial charge is 0.340 e. The molecule has 28 heavy (non-hydrogen) atoms. The van der Waals surface area contributed by atoms with E-state index in [1.165, 1.54) is 24.2 Å². The van der Waals surface area contributed by atoms with Gasteiger partial charge >= 0.3 is 5.97 Å². The molecule has 7 nitrogen and oxygen atoms in total. The lowest BCUT2D eigenvalue weighted by molar-refractivity contribution is -0.936. The second-order valence-corrected chi connectivity index (χ2v) is 7.34. The average molecular weight is 388 g/mol. The second kappa shape index (κ2) is 9.10. The minimum Gasteiger partial charge on any atom is -0.463 e. The van der Waals surface area contributed by atoms with Gasteiger partial charge in [0.25, 0.3) is 5.91 Å². The fourth-order valence-electron chi connectivity index (χ4n) is 4.06. The molecule has 1 atom stereocenters. The molecule has 2 aromatic rings. The highest BCUT2D eigenvalue weighted by Crippen LogP contribution is 2.19. The van der Waals surface area contributed by atoms with E-state index in [4.69, 9.17) is 9.15 Å². The SMILES string of the molecule is CCOC(=O)c1c(C)[nH]c(C(=O)NC[C@@H](c2ccco2)[NH+]2CCCCC2)c1C. The number of esters is 1. The zero-order chi connectivity index (χ0) is 20.1. The fraction of sp³-hybridized carbons (Fsp3) is 0.524. The van der Waals surface area contributed by atoms with Crippen LogP contribution < -0.4 is 10.2 Å². The van der Waals surface area contributed by atoms with E-state index in [1.807, 2.05) is 12.1 Å². The van der Waals surface area contributed by atoms with Crippen molar-refractivity contribution in [2.45, 2.75) is 46.1 Å². The van der Waals surface area contributed by atoms with E-state index in [2.05, 4.69) is 10.3 Å². The molecule has 0 aliphatic carbocycles. The highest BCUT2D eigenvalue weighted by Gasteiger charge is 2.30. The van der Waals surface area contributed by atoms with E-state index in [0.29, 0.717) is 35.7 Å². The van der Waals surface area contributed by atoms with Crippen molar-refractivity contribution in [1.29, 1.82) is 0 Å². The number of furan rings is 1. The topological polar surface area (TPSA) is 88.8 Å². The molecule has 2 aromatic heterocycles. The van der Waals surface area contributed by atoms with E-state index < -0.39 is 5.97 Å². The first kappa shape index (κ1) is 20.2. The minimum absolute atomic E-state index is 0.0835. The molecule has 0 bridgehead atoms. The molecule has 1 saturated heterocycles. The number of aromatic nitrogens is 1. The van der Waals surface area contributed by atoms with Crippen LogP contribution in [0.25, 0.3) is 0 Å². The summed E-state index contributed by atoms with van der Waals surface area (Å²) < 4.78 is 10.8. The lowest BCUT2D eigenvalue weighted by atomic mass is 10.1. The van der Waals surface area contributed by atoms with Crippen LogP contribution in [0.1, 0.15) is 70.1 Å². The molecule has 1 amide bonds. The van der Waals surface area contributed by atoms with Crippen LogP contribution in [0.4, 0.5) is 0 Å². The van der Waals surface area contributed by atoms with E-state index in [-0.39, 0.29) is 11.9 Å². The van der Waals surface area contributed by atoms with Gasteiger partial charge in [0, 0.05) is 5.69 Å². The standard InChI is InChI=1S/C21H29N3O4/c1-4-27-21(26)18-14(2)19(23-15(18)3)20(25)22-13-16(17-9-8-12-28-17)24-10-6-5-7-11-24/h8-9,12,16,23H,4-7,10-11,13H2,1-3H3,(H,22,25)/p+1/t16-/m0/s1. The molecule has 0 radical (unpaired) electrons. The summed E-state index contributed by atoms with van der Waals surface area (Å²) in [5, 5.41) is 3.03. The third kappa shape index (κ3) is 4.30. The number of ether oxygens (including phenoxy) is 1. The molecule has 3 rings (SSSR count). The van der Waals surface area contributed by atoms with Gasteiger partial charge in [0.05, 0.1) is 38.1 Å². The number of nitrogens with one attached hydrogen (secondary N) is 3. The van der Waals surface area contributed by atoms with E-state index >= 15 is 0 Å². The number of likely N-dealkylation sites (tertiary alicyclic amines) is 1. The highest BCUT2D eigenvalue weighted by atomic mass is 16.5. The number of rotatable bonds is 7. The number of H-pyrrole nitrogens is 1. The first-order valence-electron chi connectivity index (χ1n) is 10.0. The number of piperidine rings is 1. The Kier molecular flexibility index (Phi) is 6.57. The fourth-order valence-corrected chi connectivity index (χ4v) is 4.06. The Morgan fingerprint density at radius 1 is 1.29 bits per heavy atom. The van der Waals surface area contributed by atoms with Gasteiger partial charge in [-0.05, 0) is 57.7 Å². The Morgan fingerprint density at radius 3 is 2.68 bits per heavy atom. The van der Waals surface area contributed by atoms with Gasteiger partial charge in [0.15, 0.2) is 11.8 Å². The largest absolute Gasteiger partial charge is 0.463 e. The number of hydrogen-bond acceptors (Lipinski definition) is 4. The average Bonchev–Trinajstić information content (AvgIpc) is 3.31. The summed E-state index contributed by atoms with van der Waals surface area (Å²) in [6.45, 7) is 8.25. The molecule has 152 valence electrons. The minimum atomic E-state index is -0.404. The number of carbonyl (C=O) groups is 2. The number of aromatic amines is 1. The molecule has 0 spiro atoms. The van der Waals surface area contributed by atoms with Crippen LogP contribution in [0, 0.1) is 13.8 Å². The number of carbonyl (C=O) groups excluding carboxylic acids is 2. The number of hydrogen-bond donors (Lipinski definition) is 3. The Bertz CT molecular complexity index is 804. The third-order valence-electron chi connectivity index (χ3n) is 5.49. The summed E-state index contributed by atoms with van der Waals surface area (Å²) >= 11 is 0. The molecule has 3 heterocycles. The van der Waals surface area contributed by atoms with Crippen LogP contribution >= 0.6 is 0 Å². The summed E-state index contributed by atoms with van der Waals surface area (Å²) in [7, 11) is 0. The quantitative estimate of drug-likeness (QED) is 0.633. The van der Waals surface area contributed by atoms with E-state index in [0.717, 1.165) is 18.8 Å². The van der Waals surface area contributed by atoms with Crippen LogP contribution in [0.15, 0.2) is 22.8 Å². The van der Waals surface area contributed by atoms with Gasteiger partial charge in [0.1, 0.15) is 5.69 Å². The predicted molar refractivity (Wildman–Crippen MR) is 105 cm³/mol. The molecule has 1 aliphatic heterocycles. The van der Waals surface area contributed by atoms with Gasteiger partial charge in [-0.15, -0.1) is 0 Å². The van der Waals surface area contributed by atoms with Crippen molar-refractivity contribution in [3.63, 3.8) is 0 Å². The maximum Gasteiger partial charge on any atom is 0.340 e. The summed E-state index contributed by atoms with van der Waals surface area (Å²) in [5.41, 5.74) is 2.11. The molecule has 7 heteroatoms. The molecular weight excluding hydrogens is 358 g/mol. The number of amides is 1. The molecule has 0 aromatic carbocycles. The van der Waals surface area contributed by atoms with Gasteiger partial charge in [0.2, 0.25) is 0 Å². The van der Waals surface area contributed by atoms with Crippen molar-refractivity contribution in [2.75, 3.05) is 26.2 Å². The van der Waals surface area contributed by atoms with Gasteiger partial charge in [-0.3, -0.25) is 4.79 Å². The normalized spacial score (nSPS) is 16.0.